The molecule has 0 amide bonds. The first-order valence-corrected chi connectivity index (χ1v) is 4.09. The number of nitriles is 1. The molecule has 0 N–H and O–H groups in total. The van der Waals surface area contributed by atoms with E-state index in [1.54, 1.807) is 19.2 Å². The molecule has 0 aromatic rings. The van der Waals surface area contributed by atoms with Crippen LogP contribution in [0.2, 0.25) is 0 Å². The summed E-state index contributed by atoms with van der Waals surface area (Å²) < 4.78 is 24.3. The van der Waals surface area contributed by atoms with E-state index >= 15 is 0 Å². The first kappa shape index (κ1) is 10.5. The molecule has 0 bridgehead atoms. The Morgan fingerprint density at radius 2 is 2.29 bits per heavy atom. The molecule has 1 aliphatic heterocycles. The van der Waals surface area contributed by atoms with Crippen LogP contribution < -0.4 is 0 Å². The van der Waals surface area contributed by atoms with E-state index in [1.165, 1.54) is 4.90 Å². The van der Waals surface area contributed by atoms with Crippen LogP contribution in [0, 0.1) is 11.3 Å². The smallest absolute Gasteiger partial charge is 0.256 e. The number of hydrogen-bond acceptors (Lipinski definition) is 2. The normalized spacial score (nSPS) is 16.5. The Morgan fingerprint density at radius 3 is 2.79 bits per heavy atom. The highest BCUT2D eigenvalue weighted by Crippen LogP contribution is 2.22. The first-order valence-electron chi connectivity index (χ1n) is 4.09. The Labute approximate surface area is 81.4 Å². The Balaban J connectivity index is 2.88. The van der Waals surface area contributed by atoms with Crippen LogP contribution in [-0.2, 0) is 0 Å². The molecule has 4 heteroatoms. The van der Waals surface area contributed by atoms with Crippen LogP contribution in [0.25, 0.3) is 0 Å². The van der Waals surface area contributed by atoms with Crippen LogP contribution in [0.5, 0.6) is 0 Å². The maximum Gasteiger partial charge on any atom is 0.256 e. The largest absolute Gasteiger partial charge is 0.341 e. The molecule has 0 saturated heterocycles. The molecular weight excluding hydrogens is 186 g/mol. The van der Waals surface area contributed by atoms with Gasteiger partial charge < -0.3 is 4.90 Å². The summed E-state index contributed by atoms with van der Waals surface area (Å²) >= 11 is 0. The monoisotopic (exact) mass is 196 g/mol. The third kappa shape index (κ3) is 2.19. The average Bonchev–Trinajstić information content (AvgIpc) is 2.09. The van der Waals surface area contributed by atoms with Crippen LogP contribution in [0.3, 0.4) is 0 Å². The average molecular weight is 196 g/mol. The Morgan fingerprint density at radius 1 is 1.64 bits per heavy atom. The quantitative estimate of drug-likeness (QED) is 0.678. The van der Waals surface area contributed by atoms with Crippen molar-refractivity contribution in [1.82, 2.24) is 4.90 Å². The second-order valence-electron chi connectivity index (χ2n) is 3.03. The molecule has 0 fully saturated rings. The highest BCUT2D eigenvalue weighted by Gasteiger charge is 2.18. The summed E-state index contributed by atoms with van der Waals surface area (Å²) in [6, 6.07) is 1.92. The van der Waals surface area contributed by atoms with E-state index in [2.05, 4.69) is 6.58 Å². The van der Waals surface area contributed by atoms with E-state index in [1.807, 2.05) is 6.07 Å². The van der Waals surface area contributed by atoms with Gasteiger partial charge in [-0.3, -0.25) is 0 Å². The Kier molecular flexibility index (Phi) is 3.03. The van der Waals surface area contributed by atoms with Crippen molar-refractivity contribution in [3.8, 4) is 6.07 Å². The third-order valence-corrected chi connectivity index (χ3v) is 1.84. The SMILES string of the molecule is C=C1C(C#N)=CC(C)=CN1CC(F)F. The number of nitrogens with zero attached hydrogens (tertiary/aromatic N) is 2. The zero-order valence-corrected chi connectivity index (χ0v) is 7.80. The second-order valence-corrected chi connectivity index (χ2v) is 3.03. The van der Waals surface area contributed by atoms with Crippen LogP contribution in [0.1, 0.15) is 6.92 Å². The Hall–Kier alpha value is -1.63. The summed E-state index contributed by atoms with van der Waals surface area (Å²) in [6.45, 7) is 4.92. The van der Waals surface area contributed by atoms with E-state index in [9.17, 15) is 8.78 Å². The lowest BCUT2D eigenvalue weighted by Crippen LogP contribution is -2.25. The Bertz CT molecular complexity index is 348. The zero-order chi connectivity index (χ0) is 10.7. The number of rotatable bonds is 2. The minimum absolute atomic E-state index is 0.332. The van der Waals surface area contributed by atoms with Crippen molar-refractivity contribution >= 4 is 0 Å². The topological polar surface area (TPSA) is 27.0 Å². The number of hydrogen-bond donors (Lipinski definition) is 0. The first-order chi connectivity index (χ1) is 6.54. The molecule has 1 heterocycles. The second kappa shape index (κ2) is 4.05. The van der Waals surface area contributed by atoms with Crippen molar-refractivity contribution < 1.29 is 8.78 Å². The fourth-order valence-corrected chi connectivity index (χ4v) is 1.24. The molecule has 0 radical (unpaired) electrons. The zero-order valence-electron chi connectivity index (χ0n) is 7.80. The molecule has 0 saturated carbocycles. The van der Waals surface area contributed by atoms with Crippen molar-refractivity contribution in [2.24, 2.45) is 0 Å². The van der Waals surface area contributed by atoms with Crippen LogP contribution >= 0.6 is 0 Å². The van der Waals surface area contributed by atoms with E-state index in [-0.39, 0.29) is 0 Å². The van der Waals surface area contributed by atoms with Gasteiger partial charge in [0.05, 0.1) is 17.8 Å². The van der Waals surface area contributed by atoms with E-state index in [0.29, 0.717) is 11.3 Å². The molecule has 0 aromatic carbocycles. The van der Waals surface area contributed by atoms with Crippen molar-refractivity contribution in [2.45, 2.75) is 13.3 Å². The maximum absolute atomic E-state index is 12.1. The molecule has 14 heavy (non-hydrogen) atoms. The van der Waals surface area contributed by atoms with E-state index in [4.69, 9.17) is 5.26 Å². The molecule has 1 aliphatic rings. The lowest BCUT2D eigenvalue weighted by atomic mass is 10.1. The molecule has 74 valence electrons. The molecule has 2 nitrogen and oxygen atoms in total. The van der Waals surface area contributed by atoms with Gasteiger partial charge in [-0.25, -0.2) is 8.78 Å². The number of halogens is 2. The maximum atomic E-state index is 12.1. The summed E-state index contributed by atoms with van der Waals surface area (Å²) in [5, 5.41) is 8.71. The highest BCUT2D eigenvalue weighted by atomic mass is 19.3. The van der Waals surface area contributed by atoms with Gasteiger partial charge in [-0.1, -0.05) is 6.58 Å². The highest BCUT2D eigenvalue weighted by molar-refractivity contribution is 5.47. The van der Waals surface area contributed by atoms with Gasteiger partial charge in [0.1, 0.15) is 6.07 Å². The summed E-state index contributed by atoms with van der Waals surface area (Å²) in [6.07, 6.45) is 0.758. The number of alkyl halides is 2. The van der Waals surface area contributed by atoms with E-state index < -0.39 is 13.0 Å². The lowest BCUT2D eigenvalue weighted by Gasteiger charge is -2.25. The molecular formula is C10H10F2N2. The predicted molar refractivity (Wildman–Crippen MR) is 49.3 cm³/mol. The minimum Gasteiger partial charge on any atom is -0.341 e. The van der Waals surface area contributed by atoms with Gasteiger partial charge in [0.25, 0.3) is 6.43 Å². The van der Waals surface area contributed by atoms with E-state index in [0.717, 1.165) is 5.57 Å². The minimum atomic E-state index is -2.44. The fraction of sp³-hybridized carbons (Fsp3) is 0.300. The third-order valence-electron chi connectivity index (χ3n) is 1.84. The molecule has 0 unspecified atom stereocenters. The van der Waals surface area contributed by atoms with Gasteiger partial charge >= 0.3 is 0 Å². The number of allylic oxidation sites excluding steroid dienone is 3. The van der Waals surface area contributed by atoms with Crippen molar-refractivity contribution in [3.05, 3.63) is 35.7 Å². The van der Waals surface area contributed by atoms with Crippen LogP contribution in [0.15, 0.2) is 35.7 Å². The van der Waals surface area contributed by atoms with Crippen molar-refractivity contribution in [2.75, 3.05) is 6.54 Å². The van der Waals surface area contributed by atoms with Gasteiger partial charge in [0.2, 0.25) is 0 Å². The van der Waals surface area contributed by atoms with Gasteiger partial charge in [0, 0.05) is 6.20 Å². The van der Waals surface area contributed by atoms with Crippen LogP contribution in [-0.4, -0.2) is 17.9 Å². The molecule has 0 atom stereocenters. The summed E-state index contributed by atoms with van der Waals surface area (Å²) in [7, 11) is 0. The van der Waals surface area contributed by atoms with Gasteiger partial charge in [-0.2, -0.15) is 5.26 Å². The molecule has 0 spiro atoms. The fourth-order valence-electron chi connectivity index (χ4n) is 1.24. The van der Waals surface area contributed by atoms with Gasteiger partial charge in [-0.05, 0) is 18.6 Å². The van der Waals surface area contributed by atoms with Crippen molar-refractivity contribution in [1.29, 1.82) is 5.26 Å². The van der Waals surface area contributed by atoms with Crippen LogP contribution in [0.4, 0.5) is 8.78 Å². The standard InChI is InChI=1S/C10H10F2N2/c1-7-3-9(4-13)8(2)14(5-7)6-10(11)12/h3,5,10H,2,6H2,1H3. The summed E-state index contributed by atoms with van der Waals surface area (Å²) in [4.78, 5) is 1.30. The molecule has 0 aromatic heterocycles. The lowest BCUT2D eigenvalue weighted by molar-refractivity contribution is 0.120. The van der Waals surface area contributed by atoms with Gasteiger partial charge in [0.15, 0.2) is 0 Å². The van der Waals surface area contributed by atoms with Gasteiger partial charge in [-0.15, -0.1) is 0 Å². The summed E-state index contributed by atoms with van der Waals surface area (Å²) in [5.74, 6) is 0. The molecule has 0 aliphatic carbocycles. The predicted octanol–water partition coefficient (Wildman–Crippen LogP) is 2.43. The van der Waals surface area contributed by atoms with Crippen molar-refractivity contribution in [3.63, 3.8) is 0 Å². The molecule has 1 rings (SSSR count). The summed E-state index contributed by atoms with van der Waals surface area (Å²) in [5.41, 5.74) is 1.44.